The maximum Gasteiger partial charge on any atom is 0.328 e. The molecule has 3 aromatic carbocycles. The molecule has 7 nitrogen and oxygen atoms in total. The van der Waals surface area contributed by atoms with Crippen LogP contribution in [-0.2, 0) is 16.9 Å². The van der Waals surface area contributed by atoms with Gasteiger partial charge in [0.2, 0.25) is 0 Å². The minimum Gasteiger partial charge on any atom is -0.497 e. The van der Waals surface area contributed by atoms with Gasteiger partial charge in [0.1, 0.15) is 18.1 Å². The molecule has 0 atom stereocenters. The molecule has 0 radical (unpaired) electrons. The van der Waals surface area contributed by atoms with Crippen LogP contribution < -0.4 is 14.8 Å². The normalized spacial score (nSPS) is 15.4. The Morgan fingerprint density at radius 1 is 1.02 bits per heavy atom. The number of nitrogens with zero attached hydrogens (tertiary/aromatic N) is 1. The first-order chi connectivity index (χ1) is 20.7. The number of carboxylic acids is 1. The monoisotopic (exact) mass is 578 g/mol. The number of carbonyl (C=O) groups is 2. The van der Waals surface area contributed by atoms with Crippen LogP contribution in [0.4, 0.5) is 0 Å². The van der Waals surface area contributed by atoms with Crippen molar-refractivity contribution in [3.63, 3.8) is 0 Å². The number of rotatable bonds is 7. The molecule has 2 heterocycles. The van der Waals surface area contributed by atoms with Crippen LogP contribution in [0, 0.1) is 0 Å². The summed E-state index contributed by atoms with van der Waals surface area (Å²) in [4.78, 5) is 24.5. The van der Waals surface area contributed by atoms with Crippen LogP contribution in [0.25, 0.3) is 28.2 Å². The highest BCUT2D eigenvalue weighted by Gasteiger charge is 2.30. The standard InChI is InChI=1S/C36H38N2O5/c1-36(2,26-13-9-23(10-14-26)11-18-32(39)40)37-35(41)25-12-16-28-30(21-25)38-19-20-43-31-22-27(42-3)15-17-29(31)34(38)33(28)24-7-5-4-6-8-24/h9-18,21-22,24H,4-8,19-20H2,1-3H3,(H,37,41)(H,39,40). The van der Waals surface area contributed by atoms with Crippen molar-refractivity contribution in [1.29, 1.82) is 0 Å². The highest BCUT2D eigenvalue weighted by molar-refractivity contribution is 6.01. The third-order valence-electron chi connectivity index (χ3n) is 8.87. The summed E-state index contributed by atoms with van der Waals surface area (Å²) in [6.45, 7) is 5.16. The Morgan fingerprint density at radius 2 is 1.79 bits per heavy atom. The van der Waals surface area contributed by atoms with Crippen molar-refractivity contribution >= 4 is 28.9 Å². The van der Waals surface area contributed by atoms with Crippen molar-refractivity contribution in [2.24, 2.45) is 0 Å². The number of benzene rings is 3. The zero-order valence-electron chi connectivity index (χ0n) is 25.0. The van der Waals surface area contributed by atoms with E-state index in [9.17, 15) is 9.59 Å². The average molecular weight is 579 g/mol. The van der Waals surface area contributed by atoms with E-state index in [1.54, 1.807) is 13.2 Å². The number of carboxylic acid groups (broad SMARTS) is 1. The molecule has 1 fully saturated rings. The van der Waals surface area contributed by atoms with Gasteiger partial charge in [-0.2, -0.15) is 0 Å². The molecule has 0 saturated heterocycles. The number of nitrogens with one attached hydrogen (secondary N) is 1. The van der Waals surface area contributed by atoms with E-state index in [2.05, 4.69) is 22.0 Å². The number of hydrogen-bond acceptors (Lipinski definition) is 4. The number of hydrogen-bond donors (Lipinski definition) is 2. The molecule has 1 aliphatic carbocycles. The zero-order chi connectivity index (χ0) is 30.1. The Labute approximate surface area is 252 Å². The van der Waals surface area contributed by atoms with Gasteiger partial charge in [-0.1, -0.05) is 49.6 Å². The maximum absolute atomic E-state index is 13.7. The van der Waals surface area contributed by atoms with E-state index < -0.39 is 11.5 Å². The first-order valence-electron chi connectivity index (χ1n) is 15.1. The topological polar surface area (TPSA) is 89.8 Å². The summed E-state index contributed by atoms with van der Waals surface area (Å²) in [7, 11) is 1.67. The first-order valence-corrected chi connectivity index (χ1v) is 15.1. The molecule has 222 valence electrons. The van der Waals surface area contributed by atoms with Crippen LogP contribution >= 0.6 is 0 Å². The summed E-state index contributed by atoms with van der Waals surface area (Å²) in [6.07, 6.45) is 8.74. The SMILES string of the molecule is COc1ccc2c(c1)OCCn1c-2c(C2CCCCC2)c2ccc(C(=O)NC(C)(C)c3ccc(C=CC(=O)O)cc3)cc21. The summed E-state index contributed by atoms with van der Waals surface area (Å²) in [5.41, 5.74) is 6.38. The average Bonchev–Trinajstić information content (AvgIpc) is 3.21. The Balaban J connectivity index is 1.37. The zero-order valence-corrected chi connectivity index (χ0v) is 25.0. The minimum atomic E-state index is -0.989. The lowest BCUT2D eigenvalue weighted by molar-refractivity contribution is -0.131. The summed E-state index contributed by atoms with van der Waals surface area (Å²) < 4.78 is 14.1. The Kier molecular flexibility index (Phi) is 7.74. The van der Waals surface area contributed by atoms with E-state index in [1.165, 1.54) is 48.7 Å². The molecule has 7 heteroatoms. The Morgan fingerprint density at radius 3 is 2.51 bits per heavy atom. The fourth-order valence-corrected chi connectivity index (χ4v) is 6.64. The van der Waals surface area contributed by atoms with Gasteiger partial charge in [0, 0.05) is 34.2 Å². The van der Waals surface area contributed by atoms with E-state index in [-0.39, 0.29) is 5.91 Å². The van der Waals surface area contributed by atoms with Crippen LogP contribution in [0.15, 0.2) is 66.7 Å². The Hall–Kier alpha value is -4.52. The second kappa shape index (κ2) is 11.6. The van der Waals surface area contributed by atoms with Gasteiger partial charge in [-0.3, -0.25) is 4.79 Å². The number of aromatic nitrogens is 1. The molecule has 1 amide bonds. The van der Waals surface area contributed by atoms with Crippen LogP contribution in [-0.4, -0.2) is 35.3 Å². The van der Waals surface area contributed by atoms with Crippen LogP contribution in [0.1, 0.15) is 78.9 Å². The second-order valence-corrected chi connectivity index (χ2v) is 12.1. The second-order valence-electron chi connectivity index (χ2n) is 12.1. The van der Waals surface area contributed by atoms with Crippen LogP contribution in [0.3, 0.4) is 0 Å². The van der Waals surface area contributed by atoms with Gasteiger partial charge < -0.3 is 24.5 Å². The number of aliphatic carboxylic acids is 1. The van der Waals surface area contributed by atoms with Gasteiger partial charge in [-0.15, -0.1) is 0 Å². The largest absolute Gasteiger partial charge is 0.497 e. The molecule has 0 unspecified atom stereocenters. The molecular weight excluding hydrogens is 540 g/mol. The lowest BCUT2D eigenvalue weighted by Crippen LogP contribution is -2.41. The van der Waals surface area contributed by atoms with E-state index in [0.717, 1.165) is 39.8 Å². The maximum atomic E-state index is 13.7. The van der Waals surface area contributed by atoms with Gasteiger partial charge in [-0.05, 0) is 79.6 Å². The van der Waals surface area contributed by atoms with E-state index in [0.29, 0.717) is 24.6 Å². The highest BCUT2D eigenvalue weighted by Crippen LogP contribution is 2.47. The van der Waals surface area contributed by atoms with Crippen molar-refractivity contribution in [1.82, 2.24) is 9.88 Å². The fraction of sp³-hybridized carbons (Fsp3) is 0.333. The first kappa shape index (κ1) is 28.6. The third-order valence-corrected chi connectivity index (χ3v) is 8.87. The summed E-state index contributed by atoms with van der Waals surface area (Å²) in [5, 5.41) is 13.3. The van der Waals surface area contributed by atoms with Crippen LogP contribution in [0.2, 0.25) is 0 Å². The number of ether oxygens (including phenoxy) is 2. The smallest absolute Gasteiger partial charge is 0.328 e. The number of carbonyl (C=O) groups excluding carboxylic acids is 1. The molecule has 1 saturated carbocycles. The quantitative estimate of drug-likeness (QED) is 0.221. The molecule has 1 aliphatic heterocycles. The number of amides is 1. The molecule has 2 aliphatic rings. The fourth-order valence-electron chi connectivity index (χ4n) is 6.64. The molecule has 2 N–H and O–H groups in total. The predicted octanol–water partition coefficient (Wildman–Crippen LogP) is 7.52. The lowest BCUT2D eigenvalue weighted by atomic mass is 9.81. The van der Waals surface area contributed by atoms with Crippen molar-refractivity contribution in [2.75, 3.05) is 13.7 Å². The van der Waals surface area contributed by atoms with E-state index in [1.807, 2.05) is 62.4 Å². The molecule has 4 aromatic rings. The number of fused-ring (bicyclic) bond motifs is 5. The Bertz CT molecular complexity index is 1710. The molecule has 1 aromatic heterocycles. The number of methoxy groups -OCH3 is 1. The minimum absolute atomic E-state index is 0.147. The third kappa shape index (κ3) is 5.64. The molecule has 0 bridgehead atoms. The van der Waals surface area contributed by atoms with Gasteiger partial charge in [0.05, 0.1) is 24.9 Å². The summed E-state index contributed by atoms with van der Waals surface area (Å²) >= 11 is 0. The van der Waals surface area contributed by atoms with E-state index >= 15 is 0 Å². The van der Waals surface area contributed by atoms with Gasteiger partial charge in [-0.25, -0.2) is 4.79 Å². The molecule has 43 heavy (non-hydrogen) atoms. The van der Waals surface area contributed by atoms with Crippen molar-refractivity contribution in [2.45, 2.75) is 64.0 Å². The van der Waals surface area contributed by atoms with Crippen molar-refractivity contribution in [3.8, 4) is 22.8 Å². The van der Waals surface area contributed by atoms with Gasteiger partial charge in [0.15, 0.2) is 0 Å². The molecular formula is C36H38N2O5. The van der Waals surface area contributed by atoms with Crippen LogP contribution in [0.5, 0.6) is 11.5 Å². The highest BCUT2D eigenvalue weighted by atomic mass is 16.5. The van der Waals surface area contributed by atoms with Crippen molar-refractivity contribution in [3.05, 3.63) is 89.0 Å². The molecule has 6 rings (SSSR count). The lowest BCUT2D eigenvalue weighted by Gasteiger charge is -2.27. The summed E-state index contributed by atoms with van der Waals surface area (Å²) in [5.74, 6) is 0.938. The van der Waals surface area contributed by atoms with Gasteiger partial charge in [0.25, 0.3) is 5.91 Å². The molecule has 0 spiro atoms. The summed E-state index contributed by atoms with van der Waals surface area (Å²) in [6, 6.07) is 19.7. The van der Waals surface area contributed by atoms with Crippen molar-refractivity contribution < 1.29 is 24.2 Å². The van der Waals surface area contributed by atoms with Gasteiger partial charge >= 0.3 is 5.97 Å². The van der Waals surface area contributed by atoms with E-state index in [4.69, 9.17) is 14.6 Å². The predicted molar refractivity (Wildman–Crippen MR) is 169 cm³/mol.